The average Bonchev–Trinajstić information content (AvgIpc) is 3.18. The number of halogens is 2. The van der Waals surface area contributed by atoms with Crippen LogP contribution in [0.1, 0.15) is 38.2 Å². The molecule has 0 unspecified atom stereocenters. The van der Waals surface area contributed by atoms with Gasteiger partial charge in [-0.25, -0.2) is 4.79 Å². The summed E-state index contributed by atoms with van der Waals surface area (Å²) in [5.74, 6) is 0.470. The zero-order valence-electron chi connectivity index (χ0n) is 21.2. The Morgan fingerprint density at radius 3 is 2.26 bits per heavy atom. The molecule has 0 aliphatic rings. The van der Waals surface area contributed by atoms with Gasteiger partial charge in [0.15, 0.2) is 0 Å². The summed E-state index contributed by atoms with van der Waals surface area (Å²) < 4.78 is 13.1. The van der Waals surface area contributed by atoms with Crippen molar-refractivity contribution in [3.8, 4) is 28.3 Å². The molecule has 2 aromatic heterocycles. The zero-order valence-corrected chi connectivity index (χ0v) is 23.8. The fourth-order valence-electron chi connectivity index (χ4n) is 3.11. The Morgan fingerprint density at radius 2 is 1.69 bits per heavy atom. The number of ether oxygens (including phenoxy) is 1. The van der Waals surface area contributed by atoms with Crippen LogP contribution in [0.4, 0.5) is 0 Å². The van der Waals surface area contributed by atoms with E-state index in [2.05, 4.69) is 43.9 Å². The second-order valence-corrected chi connectivity index (χ2v) is 14.2. The topological polar surface area (TPSA) is 92.3 Å². The highest BCUT2D eigenvalue weighted by Gasteiger charge is 2.38. The standard InChI is InChI=1S/C25H34N4O3Si.2ClH/c1-7-31-24(30)23-17-22(28-29(23)15-13-26)19-12-14-27-21(16-19)18-8-10-20(11-9-18)32-33(5,6)25(2,3)4;;/h8-12,14,16-17H,7,13,15,26H2,1-6H3;2*1H. The maximum Gasteiger partial charge on any atom is 0.356 e. The normalized spacial score (nSPS) is 11.3. The van der Waals surface area contributed by atoms with E-state index in [0.29, 0.717) is 31.1 Å². The molecule has 2 N–H and O–H groups in total. The van der Waals surface area contributed by atoms with Crippen LogP contribution < -0.4 is 10.2 Å². The molecule has 3 aromatic rings. The maximum absolute atomic E-state index is 12.3. The number of benzene rings is 1. The highest BCUT2D eigenvalue weighted by Crippen LogP contribution is 2.37. The van der Waals surface area contributed by atoms with Crippen LogP contribution in [0.5, 0.6) is 5.75 Å². The number of hydrogen-bond donors (Lipinski definition) is 1. The van der Waals surface area contributed by atoms with Crippen LogP contribution in [0.25, 0.3) is 22.5 Å². The lowest BCUT2D eigenvalue weighted by molar-refractivity contribution is 0.0512. The minimum atomic E-state index is -1.89. The summed E-state index contributed by atoms with van der Waals surface area (Å²) in [6.07, 6.45) is 1.75. The van der Waals surface area contributed by atoms with Gasteiger partial charge in [0.1, 0.15) is 11.4 Å². The lowest BCUT2D eigenvalue weighted by Crippen LogP contribution is -2.43. The van der Waals surface area contributed by atoms with Gasteiger partial charge >= 0.3 is 5.97 Å². The molecule has 0 amide bonds. The van der Waals surface area contributed by atoms with Crippen molar-refractivity contribution in [2.75, 3.05) is 13.2 Å². The Morgan fingerprint density at radius 1 is 1.03 bits per heavy atom. The summed E-state index contributed by atoms with van der Waals surface area (Å²) in [6, 6.07) is 13.6. The second kappa shape index (κ2) is 12.5. The van der Waals surface area contributed by atoms with Gasteiger partial charge in [0.25, 0.3) is 0 Å². The third kappa shape index (κ3) is 7.30. The predicted molar refractivity (Wildman–Crippen MR) is 148 cm³/mol. The molecule has 0 saturated carbocycles. The number of nitrogens with two attached hydrogens (primary N) is 1. The molecule has 10 heteroatoms. The largest absolute Gasteiger partial charge is 0.544 e. The first-order valence-electron chi connectivity index (χ1n) is 11.3. The number of pyridine rings is 1. The molecule has 0 fully saturated rings. The predicted octanol–water partition coefficient (Wildman–Crippen LogP) is 5.98. The van der Waals surface area contributed by atoms with E-state index in [-0.39, 0.29) is 29.9 Å². The molecule has 0 aliphatic carbocycles. The Kier molecular flexibility index (Phi) is 11.0. The van der Waals surface area contributed by atoms with Crippen molar-refractivity contribution < 1.29 is 14.0 Å². The van der Waals surface area contributed by atoms with Gasteiger partial charge in [-0.1, -0.05) is 20.8 Å². The number of nitrogens with zero attached hydrogens (tertiary/aromatic N) is 3. The smallest absolute Gasteiger partial charge is 0.356 e. The van der Waals surface area contributed by atoms with Crippen LogP contribution in [0.3, 0.4) is 0 Å². The first-order chi connectivity index (χ1) is 15.6. The first-order valence-corrected chi connectivity index (χ1v) is 14.2. The fraction of sp³-hybridized carbons (Fsp3) is 0.400. The second-order valence-electron chi connectivity index (χ2n) is 9.46. The molecular formula is C25H36Cl2N4O3Si. The van der Waals surface area contributed by atoms with Gasteiger partial charge < -0.3 is 14.9 Å². The molecule has 7 nitrogen and oxygen atoms in total. The molecule has 0 aliphatic heterocycles. The Hall–Kier alpha value is -2.39. The third-order valence-corrected chi connectivity index (χ3v) is 10.3. The molecule has 1 aromatic carbocycles. The van der Waals surface area contributed by atoms with Gasteiger partial charge in [0.05, 0.1) is 24.5 Å². The molecule has 2 heterocycles. The molecule has 3 rings (SSSR count). The summed E-state index contributed by atoms with van der Waals surface area (Å²) in [4.78, 5) is 16.9. The number of esters is 1. The van der Waals surface area contributed by atoms with E-state index in [1.807, 2.05) is 36.4 Å². The monoisotopic (exact) mass is 538 g/mol. The highest BCUT2D eigenvalue weighted by molar-refractivity contribution is 6.74. The van der Waals surface area contributed by atoms with Gasteiger partial charge in [0.2, 0.25) is 8.32 Å². The minimum absolute atomic E-state index is 0. The molecular weight excluding hydrogens is 503 g/mol. The molecule has 0 bridgehead atoms. The van der Waals surface area contributed by atoms with Crippen molar-refractivity contribution in [3.63, 3.8) is 0 Å². The minimum Gasteiger partial charge on any atom is -0.544 e. The van der Waals surface area contributed by atoms with Gasteiger partial charge in [-0.2, -0.15) is 5.10 Å². The number of carbonyl (C=O) groups is 1. The highest BCUT2D eigenvalue weighted by atomic mass is 35.5. The molecule has 192 valence electrons. The summed E-state index contributed by atoms with van der Waals surface area (Å²) in [5, 5.41) is 4.71. The quantitative estimate of drug-likeness (QED) is 0.280. The molecule has 35 heavy (non-hydrogen) atoms. The number of rotatable bonds is 8. The van der Waals surface area contributed by atoms with Crippen LogP contribution in [0, 0.1) is 0 Å². The molecule has 0 spiro atoms. The van der Waals surface area contributed by atoms with E-state index in [0.717, 1.165) is 22.6 Å². The Balaban J connectivity index is 0.00000306. The van der Waals surface area contributed by atoms with E-state index in [1.54, 1.807) is 23.9 Å². The lowest BCUT2D eigenvalue weighted by atomic mass is 10.1. The molecule has 0 radical (unpaired) electrons. The zero-order chi connectivity index (χ0) is 24.2. The van der Waals surface area contributed by atoms with E-state index >= 15 is 0 Å². The molecule has 0 atom stereocenters. The van der Waals surface area contributed by atoms with Gasteiger partial charge in [-0.3, -0.25) is 9.67 Å². The number of carbonyl (C=O) groups excluding carboxylic acids is 1. The lowest BCUT2D eigenvalue weighted by Gasteiger charge is -2.36. The number of hydrogen-bond acceptors (Lipinski definition) is 6. The molecule has 0 saturated heterocycles. The van der Waals surface area contributed by atoms with E-state index in [9.17, 15) is 4.79 Å². The van der Waals surface area contributed by atoms with Crippen molar-refractivity contribution in [1.29, 1.82) is 0 Å². The summed E-state index contributed by atoms with van der Waals surface area (Å²) in [7, 11) is -1.89. The van der Waals surface area contributed by atoms with Crippen LogP contribution in [-0.4, -0.2) is 42.2 Å². The van der Waals surface area contributed by atoms with Crippen molar-refractivity contribution in [2.24, 2.45) is 5.73 Å². The first kappa shape index (κ1) is 30.6. The third-order valence-electron chi connectivity index (χ3n) is 5.99. The van der Waals surface area contributed by atoms with E-state index in [4.69, 9.17) is 14.9 Å². The van der Waals surface area contributed by atoms with Gasteiger partial charge in [-0.05, 0) is 67.5 Å². The van der Waals surface area contributed by atoms with Crippen molar-refractivity contribution in [2.45, 2.75) is 52.4 Å². The van der Waals surface area contributed by atoms with Crippen LogP contribution >= 0.6 is 24.8 Å². The Bertz CT molecular complexity index is 1110. The summed E-state index contributed by atoms with van der Waals surface area (Å²) >= 11 is 0. The van der Waals surface area contributed by atoms with Crippen LogP contribution in [-0.2, 0) is 11.3 Å². The van der Waals surface area contributed by atoms with Crippen molar-refractivity contribution in [1.82, 2.24) is 14.8 Å². The van der Waals surface area contributed by atoms with E-state index in [1.165, 1.54) is 0 Å². The van der Waals surface area contributed by atoms with Gasteiger partial charge in [-0.15, -0.1) is 24.8 Å². The maximum atomic E-state index is 12.3. The SMILES string of the molecule is CCOC(=O)c1cc(-c2ccnc(-c3ccc(O[Si](C)(C)C(C)(C)C)cc3)c2)nn1CCN.Cl.Cl. The summed E-state index contributed by atoms with van der Waals surface area (Å²) in [6.45, 7) is 14.0. The van der Waals surface area contributed by atoms with Crippen LogP contribution in [0.15, 0.2) is 48.7 Å². The van der Waals surface area contributed by atoms with E-state index < -0.39 is 14.3 Å². The average molecular weight is 540 g/mol. The van der Waals surface area contributed by atoms with Gasteiger partial charge in [0, 0.05) is 23.9 Å². The van der Waals surface area contributed by atoms with Crippen molar-refractivity contribution >= 4 is 39.1 Å². The van der Waals surface area contributed by atoms with Crippen LogP contribution in [0.2, 0.25) is 18.1 Å². The number of aromatic nitrogens is 3. The van der Waals surface area contributed by atoms with Crippen molar-refractivity contribution in [3.05, 3.63) is 54.4 Å². The fourth-order valence-corrected chi connectivity index (χ4v) is 4.14. The summed E-state index contributed by atoms with van der Waals surface area (Å²) in [5.41, 5.74) is 9.42. The Labute approximate surface area is 221 Å².